The Morgan fingerprint density at radius 3 is 2.95 bits per heavy atom. The summed E-state index contributed by atoms with van der Waals surface area (Å²) in [6, 6.07) is 11.9. The second kappa shape index (κ2) is 5.85. The molecular weight excluding hydrogens is 284 g/mol. The molecule has 1 amide bonds. The zero-order valence-electron chi connectivity index (χ0n) is 11.8. The summed E-state index contributed by atoms with van der Waals surface area (Å²) in [6.07, 6.45) is 0.442. The zero-order valence-corrected chi connectivity index (χ0v) is 12.6. The molecule has 1 fully saturated rings. The molecule has 5 heteroatoms. The maximum Gasteiger partial charge on any atom is 0.224 e. The molecule has 21 heavy (non-hydrogen) atoms. The number of pyridine rings is 1. The lowest BCUT2D eigenvalue weighted by molar-refractivity contribution is -0.128. The van der Waals surface area contributed by atoms with Crippen molar-refractivity contribution in [2.75, 3.05) is 6.54 Å². The number of amides is 1. The maximum atomic E-state index is 12.0. The first-order valence-electron chi connectivity index (χ1n) is 6.91. The van der Waals surface area contributed by atoms with Crippen LogP contribution in [0.25, 0.3) is 10.9 Å². The summed E-state index contributed by atoms with van der Waals surface area (Å²) in [5.74, 6) is 0.101. The highest BCUT2D eigenvalue weighted by molar-refractivity contribution is 8.14. The first-order chi connectivity index (χ1) is 10.1. The Morgan fingerprint density at radius 2 is 2.14 bits per heavy atom. The van der Waals surface area contributed by atoms with Crippen molar-refractivity contribution >= 4 is 33.7 Å². The molecule has 0 spiro atoms. The molecule has 2 aromatic rings. The molecular formula is C16H16N2O2S. The van der Waals surface area contributed by atoms with Gasteiger partial charge in [-0.15, -0.1) is 0 Å². The van der Waals surface area contributed by atoms with Crippen LogP contribution in [0.15, 0.2) is 36.4 Å². The minimum atomic E-state index is 0.0680. The van der Waals surface area contributed by atoms with E-state index in [0.29, 0.717) is 19.5 Å². The second-order valence-electron chi connectivity index (χ2n) is 5.21. The van der Waals surface area contributed by atoms with Crippen molar-refractivity contribution in [1.29, 1.82) is 0 Å². The molecule has 3 rings (SSSR count). The van der Waals surface area contributed by atoms with Gasteiger partial charge in [0.2, 0.25) is 5.91 Å². The number of hydrogen-bond donors (Lipinski definition) is 0. The van der Waals surface area contributed by atoms with Gasteiger partial charge >= 0.3 is 0 Å². The fourth-order valence-electron chi connectivity index (χ4n) is 2.59. The van der Waals surface area contributed by atoms with Crippen LogP contribution in [0.1, 0.15) is 19.0 Å². The quantitative estimate of drug-likeness (QED) is 0.874. The van der Waals surface area contributed by atoms with Crippen LogP contribution in [-0.4, -0.2) is 32.7 Å². The summed E-state index contributed by atoms with van der Waals surface area (Å²) in [4.78, 5) is 29.5. The van der Waals surface area contributed by atoms with Crippen LogP contribution in [-0.2, 0) is 16.1 Å². The number of thioether (sulfide) groups is 1. The number of rotatable bonds is 3. The zero-order chi connectivity index (χ0) is 14.8. The minimum Gasteiger partial charge on any atom is -0.336 e. The number of carbonyl (C=O) groups excluding carboxylic acids is 2. The van der Waals surface area contributed by atoms with E-state index in [0.717, 1.165) is 16.6 Å². The molecule has 1 saturated heterocycles. The SMILES string of the molecule is CC(=O)SC1CC(=O)N(Cc2ccc3ccccc3n2)C1. The predicted octanol–water partition coefficient (Wildman–Crippen LogP) is 2.62. The number of para-hydroxylation sites is 1. The van der Waals surface area contributed by atoms with Crippen LogP contribution in [0.2, 0.25) is 0 Å². The van der Waals surface area contributed by atoms with Crippen LogP contribution < -0.4 is 0 Å². The van der Waals surface area contributed by atoms with Crippen molar-refractivity contribution in [3.63, 3.8) is 0 Å². The average molecular weight is 300 g/mol. The van der Waals surface area contributed by atoms with Crippen molar-refractivity contribution in [2.45, 2.75) is 25.1 Å². The lowest BCUT2D eigenvalue weighted by Crippen LogP contribution is -2.25. The third kappa shape index (κ3) is 3.24. The van der Waals surface area contributed by atoms with Crippen molar-refractivity contribution in [2.24, 2.45) is 0 Å². The van der Waals surface area contributed by atoms with Crippen LogP contribution in [0, 0.1) is 0 Å². The van der Waals surface area contributed by atoms with Gasteiger partial charge in [0.05, 0.1) is 17.8 Å². The summed E-state index contributed by atoms with van der Waals surface area (Å²) < 4.78 is 0. The second-order valence-corrected chi connectivity index (χ2v) is 6.68. The highest BCUT2D eigenvalue weighted by atomic mass is 32.2. The Bertz CT molecular complexity index is 701. The van der Waals surface area contributed by atoms with Gasteiger partial charge in [-0.05, 0) is 12.1 Å². The molecule has 1 aromatic heterocycles. The van der Waals surface area contributed by atoms with Crippen molar-refractivity contribution < 1.29 is 9.59 Å². The van der Waals surface area contributed by atoms with Crippen molar-refractivity contribution in [1.82, 2.24) is 9.88 Å². The van der Waals surface area contributed by atoms with Gasteiger partial charge in [-0.2, -0.15) is 0 Å². The Hall–Kier alpha value is -1.88. The first-order valence-corrected chi connectivity index (χ1v) is 7.79. The highest BCUT2D eigenvalue weighted by Crippen LogP contribution is 2.25. The average Bonchev–Trinajstić information content (AvgIpc) is 2.77. The lowest BCUT2D eigenvalue weighted by Gasteiger charge is -2.16. The van der Waals surface area contributed by atoms with Gasteiger partial charge in [-0.25, -0.2) is 0 Å². The van der Waals surface area contributed by atoms with Crippen LogP contribution in [0.5, 0.6) is 0 Å². The van der Waals surface area contributed by atoms with Crippen LogP contribution in [0.3, 0.4) is 0 Å². The minimum absolute atomic E-state index is 0.0680. The third-order valence-electron chi connectivity index (χ3n) is 3.52. The molecule has 0 aliphatic carbocycles. The number of benzene rings is 1. The van der Waals surface area contributed by atoms with Gasteiger partial charge in [0.15, 0.2) is 5.12 Å². The van der Waals surface area contributed by atoms with Crippen molar-refractivity contribution in [3.05, 3.63) is 42.1 Å². The monoisotopic (exact) mass is 300 g/mol. The molecule has 2 heterocycles. The number of aromatic nitrogens is 1. The molecule has 0 bridgehead atoms. The molecule has 1 unspecified atom stereocenters. The molecule has 108 valence electrons. The maximum absolute atomic E-state index is 12.0. The van der Waals surface area contributed by atoms with Crippen LogP contribution >= 0.6 is 11.8 Å². The number of hydrogen-bond acceptors (Lipinski definition) is 4. The van der Waals surface area contributed by atoms with Gasteiger partial charge in [0.1, 0.15) is 0 Å². The van der Waals surface area contributed by atoms with Gasteiger partial charge < -0.3 is 4.90 Å². The molecule has 1 atom stereocenters. The molecule has 0 radical (unpaired) electrons. The topological polar surface area (TPSA) is 50.3 Å². The van der Waals surface area contributed by atoms with E-state index < -0.39 is 0 Å². The van der Waals surface area contributed by atoms with Gasteiger partial charge in [-0.1, -0.05) is 36.0 Å². The first kappa shape index (κ1) is 14.1. The summed E-state index contributed by atoms with van der Waals surface area (Å²) in [7, 11) is 0. The normalized spacial score (nSPS) is 18.4. The lowest BCUT2D eigenvalue weighted by atomic mass is 10.2. The number of likely N-dealkylation sites (tertiary alicyclic amines) is 1. The summed E-state index contributed by atoms with van der Waals surface area (Å²) in [6.45, 7) is 2.68. The summed E-state index contributed by atoms with van der Waals surface area (Å²) >= 11 is 1.26. The Kier molecular flexibility index (Phi) is 3.92. The number of fused-ring (bicyclic) bond motifs is 1. The molecule has 4 nitrogen and oxygen atoms in total. The molecule has 1 aromatic carbocycles. The van der Waals surface area contributed by atoms with Gasteiger partial charge in [0, 0.05) is 30.5 Å². The van der Waals surface area contributed by atoms with E-state index in [1.165, 1.54) is 11.8 Å². The Balaban J connectivity index is 1.73. The van der Waals surface area contributed by atoms with Crippen LogP contribution in [0.4, 0.5) is 0 Å². The summed E-state index contributed by atoms with van der Waals surface area (Å²) in [5, 5.41) is 1.24. The smallest absolute Gasteiger partial charge is 0.224 e. The van der Waals surface area contributed by atoms with Gasteiger partial charge in [-0.3, -0.25) is 14.6 Å². The van der Waals surface area contributed by atoms with E-state index in [9.17, 15) is 9.59 Å². The molecule has 1 aliphatic rings. The van der Waals surface area contributed by atoms with Crippen molar-refractivity contribution in [3.8, 4) is 0 Å². The molecule has 0 N–H and O–H groups in total. The standard InChI is InChI=1S/C16H16N2O2S/c1-11(19)21-14-8-16(20)18(10-14)9-13-7-6-12-4-2-3-5-15(12)17-13/h2-7,14H,8-10H2,1H3. The van der Waals surface area contributed by atoms with E-state index >= 15 is 0 Å². The third-order valence-corrected chi connectivity index (χ3v) is 4.50. The molecule has 0 saturated carbocycles. The fourth-order valence-corrected chi connectivity index (χ4v) is 3.54. The Labute approximate surface area is 127 Å². The number of carbonyl (C=O) groups is 2. The van der Waals surface area contributed by atoms with Gasteiger partial charge in [0.25, 0.3) is 0 Å². The largest absolute Gasteiger partial charge is 0.336 e. The Morgan fingerprint density at radius 1 is 1.33 bits per heavy atom. The van der Waals surface area contributed by atoms with E-state index in [1.54, 1.807) is 11.8 Å². The van der Waals surface area contributed by atoms with E-state index in [1.807, 2.05) is 36.4 Å². The predicted molar refractivity (Wildman–Crippen MR) is 83.8 cm³/mol. The van der Waals surface area contributed by atoms with E-state index in [-0.39, 0.29) is 16.3 Å². The van der Waals surface area contributed by atoms with E-state index in [2.05, 4.69) is 4.98 Å². The highest BCUT2D eigenvalue weighted by Gasteiger charge is 2.31. The summed E-state index contributed by atoms with van der Waals surface area (Å²) in [5.41, 5.74) is 1.83. The molecule has 1 aliphatic heterocycles. The number of nitrogens with zero attached hydrogens (tertiary/aromatic N) is 2. The van der Waals surface area contributed by atoms with E-state index in [4.69, 9.17) is 0 Å². The fraction of sp³-hybridized carbons (Fsp3) is 0.312.